The number of aliphatic hydroxyl groups is 1. The number of aryl methyl sites for hydroxylation is 1. The normalized spacial score (nSPS) is 12.8. The Kier molecular flexibility index (Phi) is 5.34. The van der Waals surface area contributed by atoms with Crippen molar-refractivity contribution in [3.63, 3.8) is 0 Å². The molecule has 2 N–H and O–H groups in total. The number of aliphatic hydroxyl groups excluding tert-OH is 1. The van der Waals surface area contributed by atoms with Gasteiger partial charge in [-0.3, -0.25) is 0 Å². The smallest absolute Gasteiger partial charge is 0.137 e. The first-order valence-corrected chi connectivity index (χ1v) is 6.39. The van der Waals surface area contributed by atoms with Crippen molar-refractivity contribution < 1.29 is 9.84 Å². The second kappa shape index (κ2) is 6.55. The Labute approximate surface area is 115 Å². The molecule has 1 aromatic rings. The van der Waals surface area contributed by atoms with E-state index in [9.17, 15) is 5.11 Å². The van der Waals surface area contributed by atoms with E-state index in [1.807, 2.05) is 39.8 Å². The lowest BCUT2D eigenvalue weighted by atomic mass is 10.1. The second-order valence-electron chi connectivity index (χ2n) is 5.66. The van der Waals surface area contributed by atoms with E-state index in [4.69, 9.17) is 10.00 Å². The molecule has 0 spiro atoms. The first kappa shape index (κ1) is 15.5. The number of β-amino-alcohol motifs (C(OH)–C–C–N with tert-alkyl or cyclic N) is 1. The van der Waals surface area contributed by atoms with Gasteiger partial charge in [0.25, 0.3) is 0 Å². The Balaban J connectivity index is 2.54. The zero-order chi connectivity index (χ0) is 14.5. The Morgan fingerprint density at radius 2 is 2.11 bits per heavy atom. The number of nitrogens with zero attached hydrogens (tertiary/aromatic N) is 1. The van der Waals surface area contributed by atoms with Gasteiger partial charge in [0.15, 0.2) is 0 Å². The zero-order valence-electron chi connectivity index (χ0n) is 12.0. The van der Waals surface area contributed by atoms with Gasteiger partial charge in [-0.25, -0.2) is 0 Å². The fraction of sp³-hybridized carbons (Fsp3) is 0.533. The van der Waals surface area contributed by atoms with Crippen molar-refractivity contribution in [2.45, 2.75) is 39.3 Å². The maximum Gasteiger partial charge on any atom is 0.137 e. The molecule has 0 aromatic heterocycles. The Morgan fingerprint density at radius 3 is 2.68 bits per heavy atom. The Morgan fingerprint density at radius 1 is 1.42 bits per heavy atom. The minimum absolute atomic E-state index is 0.0396. The lowest BCUT2D eigenvalue weighted by Crippen LogP contribution is -2.42. The molecule has 0 bridgehead atoms. The Hall–Kier alpha value is -1.57. The molecule has 0 aliphatic rings. The van der Waals surface area contributed by atoms with Crippen molar-refractivity contribution >= 4 is 0 Å². The van der Waals surface area contributed by atoms with Crippen LogP contribution in [0.1, 0.15) is 31.9 Å². The maximum atomic E-state index is 9.84. The summed E-state index contributed by atoms with van der Waals surface area (Å²) in [5, 5.41) is 22.1. The largest absolute Gasteiger partial charge is 0.489 e. The van der Waals surface area contributed by atoms with Gasteiger partial charge in [0.05, 0.1) is 5.56 Å². The first-order valence-electron chi connectivity index (χ1n) is 6.39. The minimum Gasteiger partial charge on any atom is -0.489 e. The van der Waals surface area contributed by atoms with E-state index in [1.165, 1.54) is 0 Å². The molecule has 0 saturated heterocycles. The van der Waals surface area contributed by atoms with Gasteiger partial charge in [-0.2, -0.15) is 5.26 Å². The fourth-order valence-corrected chi connectivity index (χ4v) is 1.57. The first-order chi connectivity index (χ1) is 8.83. The van der Waals surface area contributed by atoms with Gasteiger partial charge in [-0.05, 0) is 39.3 Å². The molecule has 1 aromatic carbocycles. The molecule has 0 aliphatic heterocycles. The minimum atomic E-state index is -0.605. The summed E-state index contributed by atoms with van der Waals surface area (Å²) in [7, 11) is 0. The van der Waals surface area contributed by atoms with Crippen molar-refractivity contribution in [2.75, 3.05) is 13.2 Å². The number of rotatable bonds is 5. The summed E-state index contributed by atoms with van der Waals surface area (Å²) < 4.78 is 5.52. The molecule has 4 nitrogen and oxygen atoms in total. The van der Waals surface area contributed by atoms with Gasteiger partial charge < -0.3 is 15.2 Å². The van der Waals surface area contributed by atoms with E-state index >= 15 is 0 Å². The van der Waals surface area contributed by atoms with Gasteiger partial charge in [-0.1, -0.05) is 12.1 Å². The number of hydrogen-bond donors (Lipinski definition) is 2. The van der Waals surface area contributed by atoms with Gasteiger partial charge in [-0.15, -0.1) is 0 Å². The quantitative estimate of drug-likeness (QED) is 0.851. The highest BCUT2D eigenvalue weighted by Gasteiger charge is 2.13. The van der Waals surface area contributed by atoms with Crippen LogP contribution in [0.4, 0.5) is 0 Å². The molecule has 1 atom stereocenters. The summed E-state index contributed by atoms with van der Waals surface area (Å²) in [5.41, 5.74) is 1.36. The number of nitriles is 1. The van der Waals surface area contributed by atoms with Gasteiger partial charge in [0, 0.05) is 12.1 Å². The summed E-state index contributed by atoms with van der Waals surface area (Å²) in [6.07, 6.45) is -0.605. The van der Waals surface area contributed by atoms with Crippen LogP contribution >= 0.6 is 0 Å². The van der Waals surface area contributed by atoms with Crippen molar-refractivity contribution in [1.29, 1.82) is 5.26 Å². The summed E-state index contributed by atoms with van der Waals surface area (Å²) in [6, 6.07) is 7.57. The monoisotopic (exact) mass is 262 g/mol. The predicted molar refractivity (Wildman–Crippen MR) is 75.2 cm³/mol. The van der Waals surface area contributed by atoms with E-state index in [0.717, 1.165) is 5.56 Å². The summed E-state index contributed by atoms with van der Waals surface area (Å²) >= 11 is 0. The van der Waals surface area contributed by atoms with Crippen LogP contribution in [0.2, 0.25) is 0 Å². The van der Waals surface area contributed by atoms with Crippen molar-refractivity contribution in [3.8, 4) is 11.8 Å². The number of nitrogens with one attached hydrogen (secondary N) is 1. The predicted octanol–water partition coefficient (Wildman–Crippen LogP) is 1.99. The molecule has 0 saturated carbocycles. The highest BCUT2D eigenvalue weighted by Crippen LogP contribution is 2.20. The molecule has 0 fully saturated rings. The molecule has 1 rings (SSSR count). The SMILES string of the molecule is Cc1cccc(OCC(O)CNC(C)(C)C)c1C#N. The maximum absolute atomic E-state index is 9.84. The van der Waals surface area contributed by atoms with E-state index in [0.29, 0.717) is 17.9 Å². The third-order valence-electron chi connectivity index (χ3n) is 2.65. The zero-order valence-corrected chi connectivity index (χ0v) is 12.0. The summed E-state index contributed by atoms with van der Waals surface area (Å²) in [5.74, 6) is 0.525. The molecular weight excluding hydrogens is 240 g/mol. The molecule has 0 amide bonds. The van der Waals surface area contributed by atoms with Crippen molar-refractivity contribution in [1.82, 2.24) is 5.32 Å². The third kappa shape index (κ3) is 5.29. The molecule has 19 heavy (non-hydrogen) atoms. The van der Waals surface area contributed by atoms with E-state index < -0.39 is 6.10 Å². The third-order valence-corrected chi connectivity index (χ3v) is 2.65. The van der Waals surface area contributed by atoms with E-state index in [1.54, 1.807) is 6.07 Å². The molecule has 4 heteroatoms. The second-order valence-corrected chi connectivity index (χ2v) is 5.66. The van der Waals surface area contributed by atoms with E-state index in [2.05, 4.69) is 11.4 Å². The highest BCUT2D eigenvalue weighted by molar-refractivity contribution is 5.48. The standard InChI is InChI=1S/C15H22N2O2/c1-11-6-5-7-14(13(11)8-16)19-10-12(18)9-17-15(2,3)4/h5-7,12,17-18H,9-10H2,1-4H3. The number of hydrogen-bond acceptors (Lipinski definition) is 4. The molecular formula is C15H22N2O2. The fourth-order valence-electron chi connectivity index (χ4n) is 1.57. The van der Waals surface area contributed by atoms with Crippen LogP contribution < -0.4 is 10.1 Å². The summed E-state index contributed by atoms with van der Waals surface area (Å²) in [6.45, 7) is 8.60. The van der Waals surface area contributed by atoms with Crippen LogP contribution in [0.15, 0.2) is 18.2 Å². The van der Waals surface area contributed by atoms with Crippen LogP contribution in [-0.2, 0) is 0 Å². The number of benzene rings is 1. The summed E-state index contributed by atoms with van der Waals surface area (Å²) in [4.78, 5) is 0. The van der Waals surface area contributed by atoms with Crippen LogP contribution in [-0.4, -0.2) is 29.9 Å². The van der Waals surface area contributed by atoms with Crippen LogP contribution in [0.25, 0.3) is 0 Å². The van der Waals surface area contributed by atoms with Crippen molar-refractivity contribution in [2.24, 2.45) is 0 Å². The molecule has 1 unspecified atom stereocenters. The van der Waals surface area contributed by atoms with Crippen LogP contribution in [0.3, 0.4) is 0 Å². The van der Waals surface area contributed by atoms with Gasteiger partial charge in [0.1, 0.15) is 24.5 Å². The van der Waals surface area contributed by atoms with Crippen molar-refractivity contribution in [3.05, 3.63) is 29.3 Å². The van der Waals surface area contributed by atoms with Gasteiger partial charge in [0.2, 0.25) is 0 Å². The highest BCUT2D eigenvalue weighted by atomic mass is 16.5. The molecule has 0 aliphatic carbocycles. The lowest BCUT2D eigenvalue weighted by molar-refractivity contribution is 0.0999. The molecule has 0 heterocycles. The van der Waals surface area contributed by atoms with E-state index in [-0.39, 0.29) is 12.1 Å². The lowest BCUT2D eigenvalue weighted by Gasteiger charge is -2.23. The van der Waals surface area contributed by atoms with Gasteiger partial charge >= 0.3 is 0 Å². The molecule has 104 valence electrons. The number of ether oxygens (including phenoxy) is 1. The molecule has 0 radical (unpaired) electrons. The van der Waals surface area contributed by atoms with Crippen LogP contribution in [0.5, 0.6) is 5.75 Å². The Bertz CT molecular complexity index is 458. The average Bonchev–Trinajstić information content (AvgIpc) is 2.33. The van der Waals surface area contributed by atoms with Crippen LogP contribution in [0, 0.1) is 18.3 Å². The average molecular weight is 262 g/mol. The topological polar surface area (TPSA) is 65.3 Å².